The van der Waals surface area contributed by atoms with Gasteiger partial charge in [-0.05, 0) is 38.3 Å². The molecule has 0 saturated carbocycles. The molecule has 0 radical (unpaired) electrons. The maximum Gasteiger partial charge on any atom is 0.0809 e. The Balaban J connectivity index is 2.01. The van der Waals surface area contributed by atoms with E-state index in [4.69, 9.17) is 10.5 Å². The van der Waals surface area contributed by atoms with E-state index in [0.717, 1.165) is 31.6 Å². The summed E-state index contributed by atoms with van der Waals surface area (Å²) in [4.78, 5) is 4.39. The van der Waals surface area contributed by atoms with E-state index in [9.17, 15) is 0 Å². The third-order valence-corrected chi connectivity index (χ3v) is 3.44. The molecule has 3 heteroatoms. The van der Waals surface area contributed by atoms with Crippen molar-refractivity contribution in [2.45, 2.75) is 44.8 Å². The molecule has 0 spiro atoms. The third-order valence-electron chi connectivity index (χ3n) is 3.44. The van der Waals surface area contributed by atoms with Gasteiger partial charge in [-0.25, -0.2) is 0 Å². The fraction of sp³-hybridized carbons (Fsp3) is 0.615. The third kappa shape index (κ3) is 2.42. The van der Waals surface area contributed by atoms with E-state index in [-0.39, 0.29) is 11.6 Å². The maximum atomic E-state index is 6.22. The van der Waals surface area contributed by atoms with Crippen molar-refractivity contribution in [2.75, 3.05) is 6.61 Å². The van der Waals surface area contributed by atoms with Crippen molar-refractivity contribution in [1.29, 1.82) is 0 Å². The highest BCUT2D eigenvalue weighted by Gasteiger charge is 2.36. The fourth-order valence-electron chi connectivity index (χ4n) is 2.15. The molecule has 16 heavy (non-hydrogen) atoms. The molecule has 1 aromatic heterocycles. The standard InChI is InChI=1S/C13H20N2O/c1-10-4-5-11(15-9-10)8-12(14)13(2)6-3-7-16-13/h4-5,9,12H,3,6-8,14H2,1-2H3. The lowest BCUT2D eigenvalue weighted by Gasteiger charge is -2.30. The van der Waals surface area contributed by atoms with Crippen LogP contribution in [0.5, 0.6) is 0 Å². The summed E-state index contributed by atoms with van der Waals surface area (Å²) in [6.07, 6.45) is 4.85. The number of aryl methyl sites for hydroxylation is 1. The van der Waals surface area contributed by atoms with Crippen LogP contribution in [0.1, 0.15) is 31.0 Å². The lowest BCUT2D eigenvalue weighted by Crippen LogP contribution is -2.46. The maximum absolute atomic E-state index is 6.22. The van der Waals surface area contributed by atoms with Gasteiger partial charge in [-0.3, -0.25) is 4.98 Å². The zero-order valence-corrected chi connectivity index (χ0v) is 10.1. The summed E-state index contributed by atoms with van der Waals surface area (Å²) in [5.74, 6) is 0. The van der Waals surface area contributed by atoms with Crippen molar-refractivity contribution in [3.05, 3.63) is 29.6 Å². The second kappa shape index (κ2) is 4.52. The van der Waals surface area contributed by atoms with E-state index < -0.39 is 0 Å². The fourth-order valence-corrected chi connectivity index (χ4v) is 2.15. The van der Waals surface area contributed by atoms with Gasteiger partial charge >= 0.3 is 0 Å². The van der Waals surface area contributed by atoms with Crippen LogP contribution in [-0.2, 0) is 11.2 Å². The smallest absolute Gasteiger partial charge is 0.0809 e. The van der Waals surface area contributed by atoms with Crippen LogP contribution in [0.15, 0.2) is 18.3 Å². The Bertz CT molecular complexity index is 341. The number of ether oxygens (including phenoxy) is 1. The minimum Gasteiger partial charge on any atom is -0.374 e. The van der Waals surface area contributed by atoms with E-state index >= 15 is 0 Å². The molecule has 88 valence electrons. The van der Waals surface area contributed by atoms with Gasteiger partial charge in [0.05, 0.1) is 5.60 Å². The average molecular weight is 220 g/mol. The van der Waals surface area contributed by atoms with Crippen LogP contribution in [0.3, 0.4) is 0 Å². The lowest BCUT2D eigenvalue weighted by atomic mass is 9.90. The summed E-state index contributed by atoms with van der Waals surface area (Å²) in [5, 5.41) is 0. The second-order valence-electron chi connectivity index (χ2n) is 4.90. The predicted octanol–water partition coefficient (Wildman–Crippen LogP) is 1.83. The summed E-state index contributed by atoms with van der Waals surface area (Å²) in [6, 6.07) is 4.16. The summed E-state index contributed by atoms with van der Waals surface area (Å²) >= 11 is 0. The number of pyridine rings is 1. The molecule has 0 aliphatic carbocycles. The minimum atomic E-state index is -0.160. The molecular formula is C13H20N2O. The van der Waals surface area contributed by atoms with Gasteiger partial charge < -0.3 is 10.5 Å². The van der Waals surface area contributed by atoms with Gasteiger partial charge in [-0.2, -0.15) is 0 Å². The predicted molar refractivity (Wildman–Crippen MR) is 64.2 cm³/mol. The first-order chi connectivity index (χ1) is 7.60. The van der Waals surface area contributed by atoms with Gasteiger partial charge in [-0.1, -0.05) is 6.07 Å². The molecule has 2 N–H and O–H groups in total. The van der Waals surface area contributed by atoms with Crippen molar-refractivity contribution in [3.63, 3.8) is 0 Å². The molecule has 2 rings (SSSR count). The lowest BCUT2D eigenvalue weighted by molar-refractivity contribution is -0.00112. The highest BCUT2D eigenvalue weighted by Crippen LogP contribution is 2.28. The van der Waals surface area contributed by atoms with Crippen molar-refractivity contribution < 1.29 is 4.74 Å². The zero-order chi connectivity index (χ0) is 11.6. The van der Waals surface area contributed by atoms with Gasteiger partial charge in [0.2, 0.25) is 0 Å². The second-order valence-corrected chi connectivity index (χ2v) is 4.90. The van der Waals surface area contributed by atoms with Crippen LogP contribution < -0.4 is 5.73 Å². The number of aromatic nitrogens is 1. The molecule has 2 heterocycles. The Morgan fingerprint density at radius 1 is 1.56 bits per heavy atom. The summed E-state index contributed by atoms with van der Waals surface area (Å²) in [7, 11) is 0. The molecule has 1 saturated heterocycles. The van der Waals surface area contributed by atoms with Crippen LogP contribution in [0.2, 0.25) is 0 Å². The van der Waals surface area contributed by atoms with Crippen molar-refractivity contribution >= 4 is 0 Å². The van der Waals surface area contributed by atoms with Crippen molar-refractivity contribution in [2.24, 2.45) is 5.73 Å². The molecule has 3 nitrogen and oxygen atoms in total. The number of nitrogens with two attached hydrogens (primary N) is 1. The first-order valence-corrected chi connectivity index (χ1v) is 5.91. The van der Waals surface area contributed by atoms with Gasteiger partial charge in [0.1, 0.15) is 0 Å². The van der Waals surface area contributed by atoms with Crippen LogP contribution in [0.4, 0.5) is 0 Å². The van der Waals surface area contributed by atoms with Gasteiger partial charge in [-0.15, -0.1) is 0 Å². The Kier molecular flexibility index (Phi) is 3.26. The average Bonchev–Trinajstić information content (AvgIpc) is 2.70. The molecule has 1 aliphatic rings. The van der Waals surface area contributed by atoms with Crippen LogP contribution >= 0.6 is 0 Å². The number of hydrogen-bond acceptors (Lipinski definition) is 3. The Morgan fingerprint density at radius 3 is 2.94 bits per heavy atom. The number of nitrogens with zero attached hydrogens (tertiary/aromatic N) is 1. The minimum absolute atomic E-state index is 0.0326. The quantitative estimate of drug-likeness (QED) is 0.845. The highest BCUT2D eigenvalue weighted by molar-refractivity contribution is 5.14. The zero-order valence-electron chi connectivity index (χ0n) is 10.1. The van der Waals surface area contributed by atoms with Crippen molar-refractivity contribution in [1.82, 2.24) is 4.98 Å². The van der Waals surface area contributed by atoms with E-state index in [1.54, 1.807) is 0 Å². The monoisotopic (exact) mass is 220 g/mol. The van der Waals surface area contributed by atoms with Crippen LogP contribution in [0, 0.1) is 6.92 Å². The first-order valence-electron chi connectivity index (χ1n) is 5.91. The van der Waals surface area contributed by atoms with E-state index in [2.05, 4.69) is 18.0 Å². The van der Waals surface area contributed by atoms with Gasteiger partial charge in [0, 0.05) is 31.0 Å². The molecular weight excluding hydrogens is 200 g/mol. The first kappa shape index (κ1) is 11.6. The molecule has 2 atom stereocenters. The summed E-state index contributed by atoms with van der Waals surface area (Å²) in [6.45, 7) is 4.99. The Morgan fingerprint density at radius 2 is 2.38 bits per heavy atom. The van der Waals surface area contributed by atoms with E-state index in [1.165, 1.54) is 5.56 Å². The van der Waals surface area contributed by atoms with Crippen LogP contribution in [0.25, 0.3) is 0 Å². The Labute approximate surface area is 97.0 Å². The highest BCUT2D eigenvalue weighted by atomic mass is 16.5. The van der Waals surface area contributed by atoms with E-state index in [1.807, 2.05) is 19.2 Å². The Hall–Kier alpha value is -0.930. The van der Waals surface area contributed by atoms with Gasteiger partial charge in [0.25, 0.3) is 0 Å². The van der Waals surface area contributed by atoms with Crippen LogP contribution in [-0.4, -0.2) is 23.2 Å². The van der Waals surface area contributed by atoms with Gasteiger partial charge in [0.15, 0.2) is 0 Å². The normalized spacial score (nSPS) is 26.9. The summed E-state index contributed by atoms with van der Waals surface area (Å²) in [5.41, 5.74) is 8.29. The number of rotatable bonds is 3. The van der Waals surface area contributed by atoms with Crippen molar-refractivity contribution in [3.8, 4) is 0 Å². The van der Waals surface area contributed by atoms with E-state index in [0.29, 0.717) is 0 Å². The number of hydrogen-bond donors (Lipinski definition) is 1. The molecule has 1 fully saturated rings. The largest absolute Gasteiger partial charge is 0.374 e. The SMILES string of the molecule is Cc1ccc(CC(N)C2(C)CCCO2)nc1. The summed E-state index contributed by atoms with van der Waals surface area (Å²) < 4.78 is 5.75. The molecule has 0 bridgehead atoms. The molecule has 1 aliphatic heterocycles. The molecule has 0 aromatic carbocycles. The topological polar surface area (TPSA) is 48.1 Å². The molecule has 0 amide bonds. The molecule has 2 unspecified atom stereocenters. The molecule has 1 aromatic rings.